The third kappa shape index (κ3) is 3.04. The van der Waals surface area contributed by atoms with Crippen LogP contribution in [0.4, 0.5) is 5.69 Å². The third-order valence-electron chi connectivity index (χ3n) is 2.28. The van der Waals surface area contributed by atoms with E-state index in [0.29, 0.717) is 0 Å². The largest absolute Gasteiger partial charge is 0.374 e. The molecule has 0 saturated heterocycles. The van der Waals surface area contributed by atoms with Gasteiger partial charge in [-0.05, 0) is 37.5 Å². The number of aliphatic hydroxyl groups excluding tert-OH is 1. The normalized spacial score (nSPS) is 12.6. The zero-order valence-corrected chi connectivity index (χ0v) is 9.17. The molecule has 14 heavy (non-hydrogen) atoms. The third-order valence-corrected chi connectivity index (χ3v) is 2.28. The number of nitrogens with one attached hydrogen (secondary N) is 1. The molecule has 0 aliphatic carbocycles. The van der Waals surface area contributed by atoms with E-state index in [4.69, 9.17) is 0 Å². The van der Waals surface area contributed by atoms with Gasteiger partial charge in [0.05, 0.1) is 0 Å². The monoisotopic (exact) mass is 193 g/mol. The van der Waals surface area contributed by atoms with E-state index in [1.54, 1.807) is 0 Å². The first-order chi connectivity index (χ1) is 6.63. The van der Waals surface area contributed by atoms with Gasteiger partial charge in [0.15, 0.2) is 0 Å². The van der Waals surface area contributed by atoms with Crippen molar-refractivity contribution in [2.45, 2.75) is 39.8 Å². The highest BCUT2D eigenvalue weighted by Crippen LogP contribution is 2.17. The molecule has 1 rings (SSSR count). The van der Waals surface area contributed by atoms with Crippen molar-refractivity contribution in [2.24, 2.45) is 0 Å². The molecule has 78 valence electrons. The molecule has 0 heterocycles. The molecule has 1 aromatic carbocycles. The lowest BCUT2D eigenvalue weighted by Gasteiger charge is -2.15. The van der Waals surface area contributed by atoms with Crippen LogP contribution in [-0.2, 0) is 0 Å². The predicted octanol–water partition coefficient (Wildman–Crippen LogP) is 2.83. The summed E-state index contributed by atoms with van der Waals surface area (Å²) in [6.45, 7) is 6.16. The first kappa shape index (κ1) is 11.1. The number of anilines is 1. The Morgan fingerprint density at radius 2 is 2.07 bits per heavy atom. The van der Waals surface area contributed by atoms with E-state index < -0.39 is 6.23 Å². The Hall–Kier alpha value is -1.02. The fourth-order valence-corrected chi connectivity index (χ4v) is 1.42. The van der Waals surface area contributed by atoms with Crippen molar-refractivity contribution in [3.8, 4) is 0 Å². The van der Waals surface area contributed by atoms with E-state index in [-0.39, 0.29) is 0 Å². The van der Waals surface area contributed by atoms with Gasteiger partial charge in [0, 0.05) is 5.69 Å². The second-order valence-corrected chi connectivity index (χ2v) is 3.77. The van der Waals surface area contributed by atoms with Gasteiger partial charge in [0.2, 0.25) is 0 Å². The van der Waals surface area contributed by atoms with Crippen LogP contribution in [0.15, 0.2) is 18.2 Å². The Morgan fingerprint density at radius 3 is 2.71 bits per heavy atom. The Kier molecular flexibility index (Phi) is 3.96. The maximum Gasteiger partial charge on any atom is 0.124 e. The minimum atomic E-state index is -0.430. The molecule has 1 atom stereocenters. The van der Waals surface area contributed by atoms with Crippen LogP contribution in [-0.4, -0.2) is 11.3 Å². The van der Waals surface area contributed by atoms with Crippen molar-refractivity contribution in [3.63, 3.8) is 0 Å². The van der Waals surface area contributed by atoms with Gasteiger partial charge in [0.1, 0.15) is 6.23 Å². The topological polar surface area (TPSA) is 32.3 Å². The Balaban J connectivity index is 2.70. The van der Waals surface area contributed by atoms with Crippen LogP contribution in [0.1, 0.15) is 30.9 Å². The number of hydrogen-bond donors (Lipinski definition) is 2. The van der Waals surface area contributed by atoms with Crippen LogP contribution in [0.25, 0.3) is 0 Å². The second kappa shape index (κ2) is 5.01. The van der Waals surface area contributed by atoms with Gasteiger partial charge in [-0.15, -0.1) is 0 Å². The number of aliphatic hydroxyl groups is 1. The lowest BCUT2D eigenvalue weighted by Crippen LogP contribution is -2.18. The van der Waals surface area contributed by atoms with Crippen LogP contribution >= 0.6 is 0 Å². The first-order valence-corrected chi connectivity index (χ1v) is 5.15. The quantitative estimate of drug-likeness (QED) is 0.721. The molecule has 1 aromatic rings. The number of hydrogen-bond acceptors (Lipinski definition) is 2. The van der Waals surface area contributed by atoms with Crippen molar-refractivity contribution in [1.29, 1.82) is 0 Å². The molecule has 0 saturated carbocycles. The van der Waals surface area contributed by atoms with E-state index >= 15 is 0 Å². The van der Waals surface area contributed by atoms with E-state index in [1.165, 1.54) is 11.1 Å². The minimum absolute atomic E-state index is 0.430. The number of rotatable bonds is 4. The molecule has 2 nitrogen and oxygen atoms in total. The van der Waals surface area contributed by atoms with Crippen LogP contribution in [0, 0.1) is 13.8 Å². The highest BCUT2D eigenvalue weighted by Gasteiger charge is 2.04. The average Bonchev–Trinajstić information content (AvgIpc) is 2.12. The van der Waals surface area contributed by atoms with Crippen LogP contribution in [0.3, 0.4) is 0 Å². The van der Waals surface area contributed by atoms with Gasteiger partial charge in [-0.2, -0.15) is 0 Å². The summed E-state index contributed by atoms with van der Waals surface area (Å²) in [6.07, 6.45) is 1.34. The van der Waals surface area contributed by atoms with Gasteiger partial charge >= 0.3 is 0 Å². The summed E-state index contributed by atoms with van der Waals surface area (Å²) in [5.41, 5.74) is 3.42. The van der Waals surface area contributed by atoms with E-state index in [0.717, 1.165) is 18.5 Å². The number of aryl methyl sites for hydroxylation is 2. The molecule has 0 amide bonds. The van der Waals surface area contributed by atoms with Gasteiger partial charge in [-0.1, -0.05) is 25.5 Å². The maximum atomic E-state index is 9.61. The lowest BCUT2D eigenvalue weighted by molar-refractivity contribution is 0.192. The smallest absolute Gasteiger partial charge is 0.124 e. The van der Waals surface area contributed by atoms with Crippen LogP contribution in [0.2, 0.25) is 0 Å². The molecule has 2 N–H and O–H groups in total. The lowest BCUT2D eigenvalue weighted by atomic mass is 10.1. The van der Waals surface area contributed by atoms with Gasteiger partial charge < -0.3 is 10.4 Å². The van der Waals surface area contributed by atoms with Crippen LogP contribution in [0.5, 0.6) is 0 Å². The van der Waals surface area contributed by atoms with E-state index in [9.17, 15) is 5.11 Å². The minimum Gasteiger partial charge on any atom is -0.374 e. The summed E-state index contributed by atoms with van der Waals surface area (Å²) < 4.78 is 0. The van der Waals surface area contributed by atoms with Crippen molar-refractivity contribution in [3.05, 3.63) is 29.3 Å². The molecule has 0 aliphatic heterocycles. The summed E-state index contributed by atoms with van der Waals surface area (Å²) in [5.74, 6) is 0. The van der Waals surface area contributed by atoms with Gasteiger partial charge in [-0.25, -0.2) is 0 Å². The highest BCUT2D eigenvalue weighted by molar-refractivity contribution is 5.52. The Morgan fingerprint density at radius 1 is 1.36 bits per heavy atom. The molecule has 0 aliphatic rings. The molecule has 0 fully saturated rings. The Bertz CT molecular complexity index is 296. The van der Waals surface area contributed by atoms with Crippen molar-refractivity contribution in [1.82, 2.24) is 0 Å². The molecular weight excluding hydrogens is 174 g/mol. The molecule has 2 heteroatoms. The zero-order valence-electron chi connectivity index (χ0n) is 9.17. The van der Waals surface area contributed by atoms with Crippen LogP contribution < -0.4 is 5.32 Å². The SMILES string of the molecule is CCCC(O)Nc1cc(C)ccc1C. The number of benzene rings is 1. The van der Waals surface area contributed by atoms with Crippen molar-refractivity contribution >= 4 is 5.69 Å². The Labute approximate surface area is 86.0 Å². The highest BCUT2D eigenvalue weighted by atomic mass is 16.3. The van der Waals surface area contributed by atoms with Crippen molar-refractivity contribution in [2.75, 3.05) is 5.32 Å². The fourth-order valence-electron chi connectivity index (χ4n) is 1.42. The zero-order chi connectivity index (χ0) is 10.6. The summed E-state index contributed by atoms with van der Waals surface area (Å²) in [4.78, 5) is 0. The fraction of sp³-hybridized carbons (Fsp3) is 0.500. The molecule has 1 unspecified atom stereocenters. The summed E-state index contributed by atoms with van der Waals surface area (Å²) in [5, 5.41) is 12.7. The molecule has 0 radical (unpaired) electrons. The predicted molar refractivity (Wildman–Crippen MR) is 60.5 cm³/mol. The first-order valence-electron chi connectivity index (χ1n) is 5.15. The van der Waals surface area contributed by atoms with Gasteiger partial charge in [0.25, 0.3) is 0 Å². The van der Waals surface area contributed by atoms with Gasteiger partial charge in [-0.3, -0.25) is 0 Å². The average molecular weight is 193 g/mol. The molecule has 0 spiro atoms. The summed E-state index contributed by atoms with van der Waals surface area (Å²) in [6, 6.07) is 6.21. The molecule has 0 bridgehead atoms. The second-order valence-electron chi connectivity index (χ2n) is 3.77. The summed E-state index contributed by atoms with van der Waals surface area (Å²) in [7, 11) is 0. The van der Waals surface area contributed by atoms with E-state index in [2.05, 4.69) is 37.4 Å². The van der Waals surface area contributed by atoms with Crippen molar-refractivity contribution < 1.29 is 5.11 Å². The van der Waals surface area contributed by atoms with E-state index in [1.807, 2.05) is 6.92 Å². The molecular formula is C12H19NO. The standard InChI is InChI=1S/C12H19NO/c1-4-5-12(14)13-11-8-9(2)6-7-10(11)3/h6-8,12-14H,4-5H2,1-3H3. The summed E-state index contributed by atoms with van der Waals surface area (Å²) >= 11 is 0. The maximum absolute atomic E-state index is 9.61. The molecule has 0 aromatic heterocycles.